The zero-order valence-electron chi connectivity index (χ0n) is 13.1. The highest BCUT2D eigenvalue weighted by atomic mass is 19.2. The number of hydrogen-bond acceptors (Lipinski definition) is 2. The van der Waals surface area contributed by atoms with Crippen molar-refractivity contribution < 1.29 is 13.6 Å². The lowest BCUT2D eigenvalue weighted by Gasteiger charge is -2.36. The Morgan fingerprint density at radius 3 is 2.59 bits per heavy atom. The maximum Gasteiger partial charge on any atom is 0.317 e. The van der Waals surface area contributed by atoms with Gasteiger partial charge in [0.25, 0.3) is 0 Å². The van der Waals surface area contributed by atoms with E-state index >= 15 is 0 Å². The molecular formula is C16H23F2N3O. The number of nitrogens with one attached hydrogen (secondary N) is 1. The van der Waals surface area contributed by atoms with Crippen molar-refractivity contribution in [2.75, 3.05) is 26.7 Å². The first-order valence-electron chi connectivity index (χ1n) is 7.68. The molecule has 1 heterocycles. The number of halogens is 2. The summed E-state index contributed by atoms with van der Waals surface area (Å²) >= 11 is 0. The molecule has 0 radical (unpaired) electrons. The van der Waals surface area contributed by atoms with Gasteiger partial charge in [0.2, 0.25) is 0 Å². The highest BCUT2D eigenvalue weighted by Crippen LogP contribution is 2.16. The van der Waals surface area contributed by atoms with E-state index in [0.29, 0.717) is 12.1 Å². The normalized spacial score (nSPS) is 16.5. The second-order valence-electron chi connectivity index (χ2n) is 5.73. The van der Waals surface area contributed by atoms with E-state index in [1.807, 2.05) is 11.8 Å². The van der Waals surface area contributed by atoms with Crippen LogP contribution in [0.25, 0.3) is 0 Å². The van der Waals surface area contributed by atoms with Crippen molar-refractivity contribution in [1.82, 2.24) is 15.1 Å². The molecule has 2 amide bonds. The van der Waals surface area contributed by atoms with Crippen LogP contribution in [0.4, 0.5) is 13.6 Å². The zero-order valence-corrected chi connectivity index (χ0v) is 13.1. The highest BCUT2D eigenvalue weighted by molar-refractivity contribution is 5.74. The van der Waals surface area contributed by atoms with Crippen molar-refractivity contribution in [3.05, 3.63) is 35.4 Å². The number of nitrogens with zero attached hydrogens (tertiary/aromatic N) is 2. The van der Waals surface area contributed by atoms with E-state index in [4.69, 9.17) is 0 Å². The number of carbonyl (C=O) groups is 1. The van der Waals surface area contributed by atoms with Crippen LogP contribution in [0.2, 0.25) is 0 Å². The predicted molar refractivity (Wildman–Crippen MR) is 81.5 cm³/mol. The summed E-state index contributed by atoms with van der Waals surface area (Å²) in [4.78, 5) is 16.4. The summed E-state index contributed by atoms with van der Waals surface area (Å²) in [6, 6.07) is 3.75. The zero-order chi connectivity index (χ0) is 16.1. The number of rotatable bonds is 4. The Morgan fingerprint density at radius 1 is 1.32 bits per heavy atom. The van der Waals surface area contributed by atoms with E-state index < -0.39 is 11.6 Å². The van der Waals surface area contributed by atoms with Crippen LogP contribution in [0.3, 0.4) is 0 Å². The standard InChI is InChI=1S/C16H23F2N3O/c1-3-21(13-6-8-20(2)9-7-13)16(22)19-11-12-4-5-14(17)15(18)10-12/h4-5,10,13H,3,6-9,11H2,1-2H3,(H,19,22). The van der Waals surface area contributed by atoms with Gasteiger partial charge in [-0.15, -0.1) is 0 Å². The number of urea groups is 1. The van der Waals surface area contributed by atoms with E-state index in [9.17, 15) is 13.6 Å². The summed E-state index contributed by atoms with van der Waals surface area (Å²) in [6.45, 7) is 4.75. The fourth-order valence-electron chi connectivity index (χ4n) is 2.80. The molecular weight excluding hydrogens is 288 g/mol. The number of benzene rings is 1. The van der Waals surface area contributed by atoms with Crippen LogP contribution >= 0.6 is 0 Å². The smallest absolute Gasteiger partial charge is 0.317 e. The third-order valence-corrected chi connectivity index (χ3v) is 4.16. The van der Waals surface area contributed by atoms with Gasteiger partial charge < -0.3 is 15.1 Å². The van der Waals surface area contributed by atoms with Gasteiger partial charge in [-0.05, 0) is 57.6 Å². The maximum absolute atomic E-state index is 13.2. The summed E-state index contributed by atoms with van der Waals surface area (Å²) in [7, 11) is 2.08. The molecule has 1 aromatic carbocycles. The summed E-state index contributed by atoms with van der Waals surface area (Å²) in [5.41, 5.74) is 0.548. The van der Waals surface area contributed by atoms with Gasteiger partial charge in [-0.3, -0.25) is 0 Å². The van der Waals surface area contributed by atoms with Crippen molar-refractivity contribution in [3.63, 3.8) is 0 Å². The summed E-state index contributed by atoms with van der Waals surface area (Å²) in [6.07, 6.45) is 1.92. The van der Waals surface area contributed by atoms with Crippen LogP contribution in [0.5, 0.6) is 0 Å². The highest BCUT2D eigenvalue weighted by Gasteiger charge is 2.25. The first-order valence-corrected chi connectivity index (χ1v) is 7.68. The predicted octanol–water partition coefficient (Wildman–Crippen LogP) is 2.59. The average Bonchev–Trinajstić information content (AvgIpc) is 2.51. The van der Waals surface area contributed by atoms with Crippen LogP contribution in [-0.2, 0) is 6.54 Å². The molecule has 0 spiro atoms. The maximum atomic E-state index is 13.2. The number of hydrogen-bond donors (Lipinski definition) is 1. The third kappa shape index (κ3) is 4.16. The van der Waals surface area contributed by atoms with Crippen molar-refractivity contribution in [2.24, 2.45) is 0 Å². The molecule has 1 aromatic rings. The fraction of sp³-hybridized carbons (Fsp3) is 0.562. The van der Waals surface area contributed by atoms with Crippen molar-refractivity contribution >= 4 is 6.03 Å². The van der Waals surface area contributed by atoms with E-state index in [0.717, 1.165) is 38.1 Å². The molecule has 0 bridgehead atoms. The molecule has 0 atom stereocenters. The van der Waals surface area contributed by atoms with Gasteiger partial charge in [0, 0.05) is 19.1 Å². The minimum Gasteiger partial charge on any atom is -0.334 e. The molecule has 22 heavy (non-hydrogen) atoms. The van der Waals surface area contributed by atoms with Crippen LogP contribution in [-0.4, -0.2) is 48.6 Å². The molecule has 6 heteroatoms. The third-order valence-electron chi connectivity index (χ3n) is 4.16. The van der Waals surface area contributed by atoms with Crippen molar-refractivity contribution in [3.8, 4) is 0 Å². The van der Waals surface area contributed by atoms with E-state index in [1.54, 1.807) is 0 Å². The molecule has 0 unspecified atom stereocenters. The Kier molecular flexibility index (Phi) is 5.71. The minimum atomic E-state index is -0.894. The van der Waals surface area contributed by atoms with Gasteiger partial charge >= 0.3 is 6.03 Å². The largest absolute Gasteiger partial charge is 0.334 e. The lowest BCUT2D eigenvalue weighted by molar-refractivity contribution is 0.135. The second kappa shape index (κ2) is 7.54. The molecule has 1 aliphatic heterocycles. The first kappa shape index (κ1) is 16.7. The Bertz CT molecular complexity index is 516. The Morgan fingerprint density at radius 2 is 2.00 bits per heavy atom. The monoisotopic (exact) mass is 311 g/mol. The Labute approximate surface area is 130 Å². The van der Waals surface area contributed by atoms with Gasteiger partial charge in [-0.2, -0.15) is 0 Å². The van der Waals surface area contributed by atoms with Gasteiger partial charge in [0.15, 0.2) is 11.6 Å². The molecule has 4 nitrogen and oxygen atoms in total. The Balaban J connectivity index is 1.90. The first-order chi connectivity index (χ1) is 10.5. The lowest BCUT2D eigenvalue weighted by Crippen LogP contribution is -2.49. The molecule has 2 rings (SSSR count). The van der Waals surface area contributed by atoms with E-state index in [2.05, 4.69) is 17.3 Å². The quantitative estimate of drug-likeness (QED) is 0.928. The number of likely N-dealkylation sites (tertiary alicyclic amines) is 1. The van der Waals surface area contributed by atoms with Crippen molar-refractivity contribution in [1.29, 1.82) is 0 Å². The average molecular weight is 311 g/mol. The molecule has 0 aliphatic carbocycles. The summed E-state index contributed by atoms with van der Waals surface area (Å²) in [5.74, 6) is -1.77. The lowest BCUT2D eigenvalue weighted by atomic mass is 10.0. The molecule has 0 saturated carbocycles. The van der Waals surface area contributed by atoms with Gasteiger partial charge in [-0.25, -0.2) is 13.6 Å². The summed E-state index contributed by atoms with van der Waals surface area (Å²) in [5, 5.41) is 2.79. The number of carbonyl (C=O) groups excluding carboxylic acids is 1. The van der Waals surface area contributed by atoms with Crippen LogP contribution in [0.15, 0.2) is 18.2 Å². The number of amides is 2. The molecule has 0 aromatic heterocycles. The van der Waals surface area contributed by atoms with Crippen LogP contribution in [0.1, 0.15) is 25.3 Å². The van der Waals surface area contributed by atoms with Gasteiger partial charge in [-0.1, -0.05) is 6.07 Å². The summed E-state index contributed by atoms with van der Waals surface area (Å²) < 4.78 is 26.0. The SMILES string of the molecule is CCN(C(=O)NCc1ccc(F)c(F)c1)C1CCN(C)CC1. The van der Waals surface area contributed by atoms with Gasteiger partial charge in [0.05, 0.1) is 0 Å². The second-order valence-corrected chi connectivity index (χ2v) is 5.73. The number of piperidine rings is 1. The minimum absolute atomic E-state index is 0.151. The van der Waals surface area contributed by atoms with E-state index in [-0.39, 0.29) is 18.6 Å². The van der Waals surface area contributed by atoms with Crippen LogP contribution in [0, 0.1) is 11.6 Å². The van der Waals surface area contributed by atoms with Gasteiger partial charge in [0.1, 0.15) is 0 Å². The van der Waals surface area contributed by atoms with E-state index in [1.165, 1.54) is 6.07 Å². The molecule has 1 N–H and O–H groups in total. The topological polar surface area (TPSA) is 35.6 Å². The molecule has 1 aliphatic rings. The molecule has 1 fully saturated rings. The van der Waals surface area contributed by atoms with Crippen LogP contribution < -0.4 is 5.32 Å². The Hall–Kier alpha value is -1.69. The fourth-order valence-corrected chi connectivity index (χ4v) is 2.80. The van der Waals surface area contributed by atoms with Crippen molar-refractivity contribution in [2.45, 2.75) is 32.4 Å². The molecule has 122 valence electrons. The molecule has 1 saturated heterocycles.